The van der Waals surface area contributed by atoms with Crippen LogP contribution < -0.4 is 5.32 Å². The van der Waals surface area contributed by atoms with E-state index in [1.54, 1.807) is 36.4 Å². The van der Waals surface area contributed by atoms with Crippen molar-refractivity contribution in [2.45, 2.75) is 43.7 Å². The first-order valence-corrected chi connectivity index (χ1v) is 10.9. The van der Waals surface area contributed by atoms with Crippen LogP contribution in [0, 0.1) is 6.92 Å². The van der Waals surface area contributed by atoms with Gasteiger partial charge in [-0.25, -0.2) is 8.42 Å². The topological polar surface area (TPSA) is 92.8 Å². The molecule has 2 atom stereocenters. The fourth-order valence-electron chi connectivity index (χ4n) is 3.18. The first kappa shape index (κ1) is 21.0. The Morgan fingerprint density at radius 3 is 2.41 bits per heavy atom. The highest BCUT2D eigenvalue weighted by Crippen LogP contribution is 2.27. The summed E-state index contributed by atoms with van der Waals surface area (Å²) in [6.07, 6.45) is -0.140. The number of nitrogens with one attached hydrogen (secondary N) is 1. The lowest BCUT2D eigenvalue weighted by Crippen LogP contribution is -2.43. The first-order valence-electron chi connectivity index (χ1n) is 9.44. The Labute approximate surface area is 170 Å². The molecule has 29 heavy (non-hydrogen) atoms. The Bertz CT molecular complexity index is 974. The molecule has 0 aliphatic carbocycles. The van der Waals surface area contributed by atoms with Crippen LogP contribution in [0.2, 0.25) is 0 Å². The molecule has 154 valence electrons. The highest BCUT2D eigenvalue weighted by molar-refractivity contribution is 7.89. The van der Waals surface area contributed by atoms with Crippen molar-refractivity contribution in [1.82, 2.24) is 4.31 Å². The number of hydrogen-bond donors (Lipinski definition) is 1. The molecule has 1 saturated heterocycles. The van der Waals surface area contributed by atoms with Crippen LogP contribution >= 0.6 is 0 Å². The second-order valence-electron chi connectivity index (χ2n) is 7.02. The lowest BCUT2D eigenvalue weighted by molar-refractivity contribution is -0.156. The molecule has 0 bridgehead atoms. The van der Waals surface area contributed by atoms with Gasteiger partial charge in [0.05, 0.1) is 4.90 Å². The van der Waals surface area contributed by atoms with Crippen LogP contribution in [0.25, 0.3) is 0 Å². The highest BCUT2D eigenvalue weighted by Gasteiger charge is 2.41. The lowest BCUT2D eigenvalue weighted by Gasteiger charge is -2.24. The maximum Gasteiger partial charge on any atom is 0.325 e. The van der Waals surface area contributed by atoms with Crippen molar-refractivity contribution in [3.63, 3.8) is 0 Å². The molecular formula is C21H24N2O5S. The van der Waals surface area contributed by atoms with Crippen molar-refractivity contribution in [3.8, 4) is 0 Å². The predicted octanol–water partition coefficient (Wildman–Crippen LogP) is 2.72. The summed E-state index contributed by atoms with van der Waals surface area (Å²) in [7, 11) is -3.82. The minimum Gasteiger partial charge on any atom is -0.451 e. The summed E-state index contributed by atoms with van der Waals surface area (Å²) < 4.78 is 32.4. The number of hydrogen-bond acceptors (Lipinski definition) is 5. The van der Waals surface area contributed by atoms with Crippen molar-refractivity contribution in [2.24, 2.45) is 0 Å². The van der Waals surface area contributed by atoms with E-state index in [0.717, 1.165) is 5.56 Å². The first-order chi connectivity index (χ1) is 13.8. The number of rotatable bonds is 6. The summed E-state index contributed by atoms with van der Waals surface area (Å²) in [5, 5.41) is 2.66. The minimum atomic E-state index is -3.82. The van der Waals surface area contributed by atoms with Crippen LogP contribution in [0.4, 0.5) is 5.69 Å². The maximum atomic E-state index is 13.0. The monoisotopic (exact) mass is 416 g/mol. The van der Waals surface area contributed by atoms with Crippen molar-refractivity contribution in [3.05, 3.63) is 60.2 Å². The molecule has 1 fully saturated rings. The van der Waals surface area contributed by atoms with Gasteiger partial charge in [-0.15, -0.1) is 0 Å². The van der Waals surface area contributed by atoms with Gasteiger partial charge in [0, 0.05) is 12.2 Å². The van der Waals surface area contributed by atoms with Gasteiger partial charge in [-0.1, -0.05) is 35.9 Å². The molecule has 1 N–H and O–H groups in total. The second-order valence-corrected chi connectivity index (χ2v) is 8.91. The fraction of sp³-hybridized carbons (Fsp3) is 0.333. The Morgan fingerprint density at radius 2 is 1.76 bits per heavy atom. The van der Waals surface area contributed by atoms with Crippen LogP contribution in [-0.4, -0.2) is 43.3 Å². The predicted molar refractivity (Wildman–Crippen MR) is 109 cm³/mol. The van der Waals surface area contributed by atoms with E-state index in [2.05, 4.69) is 5.32 Å². The standard InChI is InChI=1S/C21H24N2O5S/c1-15-10-12-18(13-11-15)29(26,27)23-14-6-9-19(23)21(25)28-16(2)20(24)22-17-7-4-3-5-8-17/h3-5,7-8,10-13,16,19H,6,9,14H2,1-2H3,(H,22,24)/t16-,19+/m1/s1. The quantitative estimate of drug-likeness (QED) is 0.731. The van der Waals surface area contributed by atoms with Crippen molar-refractivity contribution in [2.75, 3.05) is 11.9 Å². The zero-order chi connectivity index (χ0) is 21.0. The SMILES string of the molecule is Cc1ccc(S(=O)(=O)N2CCC[C@H]2C(=O)O[C@H](C)C(=O)Nc2ccccc2)cc1. The molecule has 2 aromatic carbocycles. The number of benzene rings is 2. The maximum absolute atomic E-state index is 13.0. The molecule has 1 aliphatic heterocycles. The minimum absolute atomic E-state index is 0.137. The Balaban J connectivity index is 1.68. The van der Waals surface area contributed by atoms with E-state index in [-0.39, 0.29) is 11.4 Å². The van der Waals surface area contributed by atoms with E-state index in [9.17, 15) is 18.0 Å². The summed E-state index contributed by atoms with van der Waals surface area (Å²) in [5.74, 6) is -1.19. The number of esters is 1. The third kappa shape index (κ3) is 4.83. The second kappa shape index (κ2) is 8.75. The largest absolute Gasteiger partial charge is 0.451 e. The molecule has 8 heteroatoms. The molecule has 2 aromatic rings. The van der Waals surface area contributed by atoms with E-state index in [0.29, 0.717) is 18.5 Å². The number of amides is 1. The van der Waals surface area contributed by atoms with Crippen LogP contribution in [-0.2, 0) is 24.3 Å². The molecule has 1 aliphatic rings. The van der Waals surface area contributed by atoms with Crippen molar-refractivity contribution >= 4 is 27.6 Å². The van der Waals surface area contributed by atoms with E-state index in [1.807, 2.05) is 13.0 Å². The summed E-state index contributed by atoms with van der Waals surface area (Å²) >= 11 is 0. The normalized spacial score (nSPS) is 18.2. The smallest absolute Gasteiger partial charge is 0.325 e. The highest BCUT2D eigenvalue weighted by atomic mass is 32.2. The van der Waals surface area contributed by atoms with Gasteiger partial charge in [0.1, 0.15) is 6.04 Å². The van der Waals surface area contributed by atoms with E-state index < -0.39 is 34.0 Å². The van der Waals surface area contributed by atoms with Gasteiger partial charge in [-0.3, -0.25) is 9.59 Å². The van der Waals surface area contributed by atoms with E-state index in [1.165, 1.54) is 23.4 Å². The molecule has 1 amide bonds. The molecule has 0 unspecified atom stereocenters. The average molecular weight is 416 g/mol. The van der Waals surface area contributed by atoms with Crippen LogP contribution in [0.1, 0.15) is 25.3 Å². The van der Waals surface area contributed by atoms with E-state index >= 15 is 0 Å². The van der Waals surface area contributed by atoms with Gasteiger partial charge in [-0.05, 0) is 51.0 Å². The zero-order valence-corrected chi connectivity index (χ0v) is 17.2. The van der Waals surface area contributed by atoms with Gasteiger partial charge < -0.3 is 10.1 Å². The number of carbonyl (C=O) groups is 2. The third-order valence-electron chi connectivity index (χ3n) is 4.81. The summed E-state index contributed by atoms with van der Waals surface area (Å²) in [6, 6.07) is 14.4. The average Bonchev–Trinajstić information content (AvgIpc) is 3.20. The summed E-state index contributed by atoms with van der Waals surface area (Å²) in [5.41, 5.74) is 1.53. The molecule has 7 nitrogen and oxygen atoms in total. The number of nitrogens with zero attached hydrogens (tertiary/aromatic N) is 1. The summed E-state index contributed by atoms with van der Waals surface area (Å²) in [6.45, 7) is 3.57. The number of ether oxygens (including phenoxy) is 1. The van der Waals surface area contributed by atoms with Gasteiger partial charge in [-0.2, -0.15) is 4.31 Å². The fourth-order valence-corrected chi connectivity index (χ4v) is 4.83. The van der Waals surface area contributed by atoms with Crippen molar-refractivity contribution < 1.29 is 22.7 Å². The number of carbonyl (C=O) groups excluding carboxylic acids is 2. The number of sulfonamides is 1. The number of anilines is 1. The van der Waals surface area contributed by atoms with Gasteiger partial charge in [0.15, 0.2) is 6.10 Å². The van der Waals surface area contributed by atoms with Crippen LogP contribution in [0.15, 0.2) is 59.5 Å². The van der Waals surface area contributed by atoms with Crippen LogP contribution in [0.5, 0.6) is 0 Å². The van der Waals surface area contributed by atoms with Crippen molar-refractivity contribution in [1.29, 1.82) is 0 Å². The molecule has 0 spiro atoms. The molecule has 1 heterocycles. The van der Waals surface area contributed by atoms with E-state index in [4.69, 9.17) is 4.74 Å². The van der Waals surface area contributed by atoms with Gasteiger partial charge >= 0.3 is 5.97 Å². The zero-order valence-electron chi connectivity index (χ0n) is 16.4. The lowest BCUT2D eigenvalue weighted by atomic mass is 10.2. The van der Waals surface area contributed by atoms with Gasteiger partial charge in [0.2, 0.25) is 10.0 Å². The Hall–Kier alpha value is -2.71. The molecule has 0 saturated carbocycles. The Morgan fingerprint density at radius 1 is 1.10 bits per heavy atom. The number of para-hydroxylation sites is 1. The summed E-state index contributed by atoms with van der Waals surface area (Å²) in [4.78, 5) is 25.1. The van der Waals surface area contributed by atoms with Crippen LogP contribution in [0.3, 0.4) is 0 Å². The molecule has 3 rings (SSSR count). The Kier molecular flexibility index (Phi) is 6.34. The molecule has 0 radical (unpaired) electrons. The molecular weight excluding hydrogens is 392 g/mol. The third-order valence-corrected chi connectivity index (χ3v) is 6.73. The number of aryl methyl sites for hydroxylation is 1. The van der Waals surface area contributed by atoms with Gasteiger partial charge in [0.25, 0.3) is 5.91 Å². The molecule has 0 aromatic heterocycles.